The first-order valence-corrected chi connectivity index (χ1v) is 17.7. The molecule has 54 heavy (non-hydrogen) atoms. The summed E-state index contributed by atoms with van der Waals surface area (Å²) in [5.41, 5.74) is 1.34. The molecule has 2 heterocycles. The Labute approximate surface area is 352 Å². The third-order valence-corrected chi connectivity index (χ3v) is 8.66. The minimum absolute atomic E-state index is 0. The van der Waals surface area contributed by atoms with Crippen LogP contribution in [0.25, 0.3) is 12.2 Å². The third kappa shape index (κ3) is 11.4. The molecule has 0 saturated carbocycles. The first kappa shape index (κ1) is 42.0. The number of aromatic hydroxyl groups is 2. The molecule has 22 heteroatoms. The Morgan fingerprint density at radius 1 is 0.444 bits per heavy atom. The van der Waals surface area contributed by atoms with Crippen LogP contribution in [0.1, 0.15) is 11.1 Å². The number of rotatable bonds is 12. The molecule has 0 aliphatic rings. The fourth-order valence-corrected chi connectivity index (χ4v) is 6.06. The number of anilines is 8. The van der Waals surface area contributed by atoms with Gasteiger partial charge in [0.25, 0.3) is 20.2 Å². The Bertz CT molecular complexity index is 2350. The first-order valence-electron chi connectivity index (χ1n) is 14.8. The molecule has 6 aromatic rings. The van der Waals surface area contributed by atoms with Crippen LogP contribution in [0.5, 0.6) is 12.0 Å². The minimum atomic E-state index is -4.84. The zero-order valence-corrected chi connectivity index (χ0v) is 27.9. The van der Waals surface area contributed by atoms with Gasteiger partial charge in [-0.05, 0) is 59.7 Å². The molecule has 0 aliphatic heterocycles. The summed E-state index contributed by atoms with van der Waals surface area (Å²) in [6.07, 6.45) is 2.43. The van der Waals surface area contributed by atoms with Crippen LogP contribution in [-0.4, -0.2) is 125 Å². The van der Waals surface area contributed by atoms with Crippen molar-refractivity contribution in [2.24, 2.45) is 0 Å². The normalized spacial score (nSPS) is 11.2. The van der Waals surface area contributed by atoms with Crippen LogP contribution < -0.4 is 21.3 Å². The molecule has 0 aliphatic carbocycles. The Kier molecular flexibility index (Phi) is 14.0. The van der Waals surface area contributed by atoms with Crippen molar-refractivity contribution in [1.29, 1.82) is 0 Å². The molecule has 0 bridgehead atoms. The van der Waals surface area contributed by atoms with E-state index in [9.17, 15) is 36.2 Å². The molecule has 0 spiro atoms. The fraction of sp³-hybridized carbons (Fsp3) is 0. The van der Waals surface area contributed by atoms with E-state index in [4.69, 9.17) is 0 Å². The van der Waals surface area contributed by atoms with E-state index in [1.807, 2.05) is 12.1 Å². The summed E-state index contributed by atoms with van der Waals surface area (Å²) in [5, 5.41) is 31.3. The maximum atomic E-state index is 12.4. The third-order valence-electron chi connectivity index (χ3n) is 6.84. The number of nitrogens with zero attached hydrogens (tertiary/aromatic N) is 6. The molecule has 8 N–H and O–H groups in total. The van der Waals surface area contributed by atoms with Gasteiger partial charge in [-0.15, -0.1) is 0 Å². The molecule has 2 aromatic heterocycles. The van der Waals surface area contributed by atoms with Crippen LogP contribution >= 0.6 is 0 Å². The quantitative estimate of drug-likeness (QED) is 0.0497. The van der Waals surface area contributed by atoms with Gasteiger partial charge in [0.15, 0.2) is 0 Å². The summed E-state index contributed by atoms with van der Waals surface area (Å²) < 4.78 is 69.6. The van der Waals surface area contributed by atoms with Gasteiger partial charge >= 0.3 is 71.1 Å². The van der Waals surface area contributed by atoms with Crippen molar-refractivity contribution in [1.82, 2.24) is 29.9 Å². The number of para-hydroxylation sites is 2. The van der Waals surface area contributed by atoms with Crippen LogP contribution in [0.3, 0.4) is 0 Å². The van der Waals surface area contributed by atoms with Crippen molar-refractivity contribution in [2.75, 3.05) is 21.3 Å². The van der Waals surface area contributed by atoms with Gasteiger partial charge in [-0.25, -0.2) is 0 Å². The summed E-state index contributed by atoms with van der Waals surface area (Å²) in [7, 11) is -9.69. The number of nitrogens with one attached hydrogen (secondary N) is 4. The van der Waals surface area contributed by atoms with Crippen LogP contribution in [0.2, 0.25) is 0 Å². The van der Waals surface area contributed by atoms with E-state index in [-0.39, 0.29) is 105 Å². The van der Waals surface area contributed by atoms with E-state index in [0.717, 1.165) is 12.1 Å². The van der Waals surface area contributed by atoms with Gasteiger partial charge in [-0.2, -0.15) is 46.7 Å². The maximum absolute atomic E-state index is 12.4. The average molecular weight is 791 g/mol. The predicted molar refractivity (Wildman–Crippen MR) is 205 cm³/mol. The predicted octanol–water partition coefficient (Wildman–Crippen LogP) is 3.81. The van der Waals surface area contributed by atoms with Gasteiger partial charge in [-0.3, -0.25) is 9.11 Å². The van der Waals surface area contributed by atoms with Gasteiger partial charge in [-0.1, -0.05) is 60.7 Å². The second-order valence-electron chi connectivity index (χ2n) is 10.6. The van der Waals surface area contributed by atoms with Crippen LogP contribution in [0.4, 0.5) is 46.5 Å². The van der Waals surface area contributed by atoms with Crippen molar-refractivity contribution >= 4 is 138 Å². The van der Waals surface area contributed by atoms with E-state index < -0.39 is 42.0 Å². The summed E-state index contributed by atoms with van der Waals surface area (Å²) in [4.78, 5) is 22.4. The number of aromatic nitrogens is 6. The van der Waals surface area contributed by atoms with E-state index in [2.05, 4.69) is 51.2 Å². The zero-order chi connectivity index (χ0) is 36.9. The van der Waals surface area contributed by atoms with Crippen molar-refractivity contribution in [2.45, 2.75) is 9.79 Å². The molecule has 18 nitrogen and oxygen atoms in total. The molecular formula is C32H28N10Na2O8S2. The van der Waals surface area contributed by atoms with Gasteiger partial charge in [0.05, 0.1) is 0 Å². The molecule has 0 amide bonds. The second kappa shape index (κ2) is 18.1. The SMILES string of the molecule is O=S(=O)(O)c1cc(Nc2nc(O)nc(Nc3ccccc3)n2)ccc1/C=C/c1ccc(Nc2nc(O)nc(Nc3ccccc3)n2)cc1S(=O)(=O)O.[NaH].[NaH]. The van der Waals surface area contributed by atoms with Crippen molar-refractivity contribution in [3.8, 4) is 12.0 Å². The fourth-order valence-electron chi connectivity index (χ4n) is 4.64. The summed E-state index contributed by atoms with van der Waals surface area (Å²) in [5.74, 6) is -0.332. The topological polar surface area (TPSA) is 275 Å². The number of benzene rings is 4. The summed E-state index contributed by atoms with van der Waals surface area (Å²) in [6.45, 7) is 0. The Morgan fingerprint density at radius 3 is 1.07 bits per heavy atom. The molecular weight excluding hydrogens is 763 g/mol. The Balaban J connectivity index is 0.00000325. The molecule has 0 unspecified atom stereocenters. The molecule has 6 rings (SSSR count). The van der Waals surface area contributed by atoms with Gasteiger partial charge in [0, 0.05) is 22.7 Å². The van der Waals surface area contributed by atoms with Gasteiger partial charge in [0.2, 0.25) is 23.8 Å². The number of hydrogen-bond donors (Lipinski definition) is 8. The standard InChI is InChI=1S/C32H26N10O8S2.2Na.2H/c43-31-39-27(33-21-7-3-1-4-8-21)37-29(41-31)35-23-15-13-19(25(17-23)51(45,46)47)11-12-20-14-16-24(18-26(20)52(48,49)50)36-30-38-28(40-32(44)42-30)34-22-9-5-2-6-10-22;;;;/h1-18H,(H,45,46,47)(H,48,49,50)(H3,33,35,37,39,41,43)(H3,34,36,38,40,42,44);;;;/b12-11+;;;;. The van der Waals surface area contributed by atoms with E-state index >= 15 is 0 Å². The molecule has 0 fully saturated rings. The molecule has 0 saturated heterocycles. The van der Waals surface area contributed by atoms with E-state index in [1.54, 1.807) is 48.5 Å². The monoisotopic (exact) mass is 790 g/mol. The average Bonchev–Trinajstić information content (AvgIpc) is 3.07. The first-order chi connectivity index (χ1) is 24.8. The Hall–Kier alpha value is -4.74. The van der Waals surface area contributed by atoms with Crippen LogP contribution in [0, 0.1) is 0 Å². The van der Waals surface area contributed by atoms with E-state index in [1.165, 1.54) is 36.4 Å². The molecule has 0 atom stereocenters. The van der Waals surface area contributed by atoms with Crippen LogP contribution in [-0.2, 0) is 20.2 Å². The van der Waals surface area contributed by atoms with Crippen molar-refractivity contribution in [3.05, 3.63) is 108 Å². The Morgan fingerprint density at radius 2 is 0.759 bits per heavy atom. The summed E-state index contributed by atoms with van der Waals surface area (Å²) >= 11 is 0. The molecule has 0 radical (unpaired) electrons. The number of hydrogen-bond acceptors (Lipinski definition) is 16. The summed E-state index contributed by atoms with van der Waals surface area (Å²) in [6, 6.07) is 24.0. The van der Waals surface area contributed by atoms with Crippen molar-refractivity contribution in [3.63, 3.8) is 0 Å². The molecule has 268 valence electrons. The van der Waals surface area contributed by atoms with Crippen LogP contribution in [0.15, 0.2) is 107 Å². The van der Waals surface area contributed by atoms with Crippen molar-refractivity contribution < 1.29 is 36.2 Å². The zero-order valence-electron chi connectivity index (χ0n) is 26.3. The van der Waals surface area contributed by atoms with Gasteiger partial charge in [0.1, 0.15) is 9.79 Å². The molecule has 4 aromatic carbocycles. The van der Waals surface area contributed by atoms with E-state index in [0.29, 0.717) is 11.4 Å². The second-order valence-corrected chi connectivity index (χ2v) is 13.4. The van der Waals surface area contributed by atoms with Gasteiger partial charge < -0.3 is 31.5 Å².